The van der Waals surface area contributed by atoms with Crippen LogP contribution in [0.2, 0.25) is 0 Å². The van der Waals surface area contributed by atoms with Crippen molar-refractivity contribution in [1.82, 2.24) is 4.90 Å². The van der Waals surface area contributed by atoms with Gasteiger partial charge in [-0.25, -0.2) is 4.39 Å². The van der Waals surface area contributed by atoms with Crippen LogP contribution in [0.15, 0.2) is 54.3 Å². The Morgan fingerprint density at radius 1 is 1.20 bits per heavy atom. The molecule has 2 aromatic rings. The molecule has 1 fully saturated rings. The van der Waals surface area contributed by atoms with Crippen molar-refractivity contribution in [1.29, 1.82) is 0 Å². The Bertz CT molecular complexity index is 1300. The Morgan fingerprint density at radius 3 is 2.57 bits per heavy atom. The number of carbonyl (C=O) groups excluding carboxylic acids is 2. The van der Waals surface area contributed by atoms with Gasteiger partial charge in [-0.05, 0) is 62.2 Å². The smallest absolute Gasteiger partial charge is 0.260 e. The summed E-state index contributed by atoms with van der Waals surface area (Å²) in [4.78, 5) is 27.2. The minimum Gasteiger partial charge on any atom is -0.482 e. The fourth-order valence-electron chi connectivity index (χ4n) is 4.87. The number of rotatable bonds is 3. The first kappa shape index (κ1) is 23.6. The number of nitrogens with zero attached hydrogens (tertiary/aromatic N) is 1. The first-order valence-electron chi connectivity index (χ1n) is 11.3. The lowest BCUT2D eigenvalue weighted by Gasteiger charge is -2.29. The van der Waals surface area contributed by atoms with Crippen molar-refractivity contribution in [3.05, 3.63) is 76.8 Å². The number of carbonyl (C=O) groups is 2. The Labute approximate surface area is 204 Å². The Kier molecular flexibility index (Phi) is 5.54. The number of nitrogens with one attached hydrogen (secondary N) is 1. The monoisotopic (exact) mass is 498 g/mol. The molecule has 0 bridgehead atoms. The van der Waals surface area contributed by atoms with Gasteiger partial charge in [0.1, 0.15) is 17.2 Å². The number of anilines is 1. The van der Waals surface area contributed by atoms with E-state index in [2.05, 4.69) is 5.32 Å². The maximum Gasteiger partial charge on any atom is 0.260 e. The molecule has 0 spiro atoms. The van der Waals surface area contributed by atoms with Gasteiger partial charge in [-0.15, -0.1) is 0 Å². The van der Waals surface area contributed by atoms with Gasteiger partial charge in [-0.2, -0.15) is 10.6 Å². The van der Waals surface area contributed by atoms with E-state index in [1.807, 2.05) is 32.1 Å². The van der Waals surface area contributed by atoms with Crippen LogP contribution in [0, 0.1) is 5.82 Å². The summed E-state index contributed by atoms with van der Waals surface area (Å²) in [6, 6.07) is 11.1. The molecule has 0 aromatic heterocycles. The minimum absolute atomic E-state index is 0.177. The van der Waals surface area contributed by atoms with Crippen LogP contribution in [-0.2, 0) is 9.53 Å². The average molecular weight is 499 g/mol. The molecule has 1 atom stereocenters. The highest BCUT2D eigenvalue weighted by atomic mass is 32.3. The third-order valence-electron chi connectivity index (χ3n) is 6.81. The lowest BCUT2D eigenvalue weighted by Crippen LogP contribution is -2.37. The fraction of sp³-hybridized carbons (Fsp3) is 0.308. The van der Waals surface area contributed by atoms with Crippen LogP contribution in [0.4, 0.5) is 10.1 Å². The molecule has 0 saturated carbocycles. The second kappa shape index (κ2) is 8.22. The van der Waals surface area contributed by atoms with E-state index in [9.17, 15) is 23.1 Å². The van der Waals surface area contributed by atoms with Gasteiger partial charge in [0, 0.05) is 29.5 Å². The van der Waals surface area contributed by atoms with Crippen molar-refractivity contribution in [3.8, 4) is 0 Å². The van der Waals surface area contributed by atoms with Crippen LogP contribution in [-0.4, -0.2) is 56.0 Å². The largest absolute Gasteiger partial charge is 0.482 e. The summed E-state index contributed by atoms with van der Waals surface area (Å²) < 4.78 is 39.6. The standard InChI is InChI=1S/C26H27FN2O5S/c1-26(2)20(13-22(34-26)23-19-9-8-17(27)12-21(19)28-24(23)30)15-4-6-16(7-5-15)25(31)29(3)18-10-11-35(32,33)14-18/h4-9,12-13,18,32-33H,10-11,14H2,1-3H3,(H,28,30)/b23-22+. The van der Waals surface area contributed by atoms with Crippen molar-refractivity contribution < 1.29 is 27.8 Å². The highest BCUT2D eigenvalue weighted by Gasteiger charge is 2.38. The number of fused-ring (bicyclic) bond motifs is 1. The van der Waals surface area contributed by atoms with E-state index in [4.69, 9.17) is 4.74 Å². The lowest BCUT2D eigenvalue weighted by atomic mass is 9.91. The van der Waals surface area contributed by atoms with Gasteiger partial charge in [0.05, 0.1) is 23.1 Å². The van der Waals surface area contributed by atoms with Crippen molar-refractivity contribution in [3.63, 3.8) is 0 Å². The van der Waals surface area contributed by atoms with E-state index in [0.29, 0.717) is 40.3 Å². The quantitative estimate of drug-likeness (QED) is 0.519. The molecule has 1 unspecified atom stereocenters. The zero-order valence-electron chi connectivity index (χ0n) is 19.7. The van der Waals surface area contributed by atoms with Crippen LogP contribution in [0.25, 0.3) is 11.1 Å². The highest BCUT2D eigenvalue weighted by molar-refractivity contribution is 8.24. The normalized spacial score (nSPS) is 24.9. The van der Waals surface area contributed by atoms with Gasteiger partial charge < -0.3 is 15.0 Å². The molecule has 184 valence electrons. The van der Waals surface area contributed by atoms with E-state index in [0.717, 1.165) is 11.1 Å². The summed E-state index contributed by atoms with van der Waals surface area (Å²) in [6.07, 6.45) is 2.39. The number of amides is 2. The predicted molar refractivity (Wildman–Crippen MR) is 135 cm³/mol. The molecule has 0 aliphatic carbocycles. The molecule has 3 aliphatic heterocycles. The molecule has 0 radical (unpaired) electrons. The van der Waals surface area contributed by atoms with E-state index in [-0.39, 0.29) is 23.6 Å². The summed E-state index contributed by atoms with van der Waals surface area (Å²) in [5.74, 6) is -0.00173. The van der Waals surface area contributed by atoms with Crippen molar-refractivity contribution in [2.75, 3.05) is 23.9 Å². The fourth-order valence-corrected chi connectivity index (χ4v) is 6.70. The van der Waals surface area contributed by atoms with Gasteiger partial charge >= 0.3 is 0 Å². The maximum atomic E-state index is 13.6. The van der Waals surface area contributed by atoms with Crippen LogP contribution >= 0.6 is 10.6 Å². The van der Waals surface area contributed by atoms with Crippen LogP contribution < -0.4 is 5.32 Å². The minimum atomic E-state index is -2.59. The average Bonchev–Trinajstić information content (AvgIpc) is 3.43. The molecule has 3 heterocycles. The topological polar surface area (TPSA) is 99.1 Å². The molecule has 9 heteroatoms. The molecule has 2 aromatic carbocycles. The number of ether oxygens (including phenoxy) is 1. The van der Waals surface area contributed by atoms with Crippen LogP contribution in [0.3, 0.4) is 0 Å². The summed E-state index contributed by atoms with van der Waals surface area (Å²) in [5.41, 5.74) is 2.83. The van der Waals surface area contributed by atoms with Gasteiger partial charge in [-0.1, -0.05) is 12.1 Å². The molecule has 3 aliphatic rings. The first-order chi connectivity index (χ1) is 16.4. The Hall–Kier alpha value is -3.14. The SMILES string of the molecule is CN(C(=O)c1ccc(C2=C/C(=C3\C(=O)Nc4cc(F)ccc43)OC2(C)C)cc1)C1CCS(O)(O)C1. The molecule has 2 amide bonds. The summed E-state index contributed by atoms with van der Waals surface area (Å²) in [7, 11) is -0.903. The lowest BCUT2D eigenvalue weighted by molar-refractivity contribution is -0.111. The molecule has 3 N–H and O–H groups in total. The number of hydrogen-bond donors (Lipinski definition) is 3. The van der Waals surface area contributed by atoms with E-state index >= 15 is 0 Å². The second-order valence-electron chi connectivity index (χ2n) is 9.66. The van der Waals surface area contributed by atoms with Gasteiger partial charge in [0.2, 0.25) is 0 Å². The van der Waals surface area contributed by atoms with Crippen molar-refractivity contribution in [2.45, 2.75) is 31.9 Å². The zero-order valence-corrected chi connectivity index (χ0v) is 20.5. The molecule has 35 heavy (non-hydrogen) atoms. The Morgan fingerprint density at radius 2 is 1.91 bits per heavy atom. The summed E-state index contributed by atoms with van der Waals surface area (Å²) >= 11 is 0. The molecule has 1 saturated heterocycles. The van der Waals surface area contributed by atoms with E-state index in [1.54, 1.807) is 30.1 Å². The predicted octanol–water partition coefficient (Wildman–Crippen LogP) is 4.98. The third-order valence-corrected chi connectivity index (χ3v) is 8.62. The Balaban J connectivity index is 1.42. The van der Waals surface area contributed by atoms with E-state index < -0.39 is 22.0 Å². The summed E-state index contributed by atoms with van der Waals surface area (Å²) in [6.45, 7) is 3.80. The first-order valence-corrected chi connectivity index (χ1v) is 13.2. The van der Waals surface area contributed by atoms with Gasteiger partial charge in [0.15, 0.2) is 0 Å². The maximum absolute atomic E-state index is 13.6. The molecule has 7 nitrogen and oxygen atoms in total. The van der Waals surface area contributed by atoms with Crippen molar-refractivity contribution >= 4 is 39.2 Å². The number of allylic oxidation sites excluding steroid dienone is 1. The number of benzene rings is 2. The number of halogens is 1. The van der Waals surface area contributed by atoms with Crippen LogP contribution in [0.5, 0.6) is 0 Å². The third kappa shape index (κ3) is 4.24. The number of hydrogen-bond acceptors (Lipinski definition) is 5. The zero-order chi connectivity index (χ0) is 25.1. The highest BCUT2D eigenvalue weighted by Crippen LogP contribution is 2.47. The molecular formula is C26H27FN2O5S. The summed E-state index contributed by atoms with van der Waals surface area (Å²) in [5, 5.41) is 2.69. The molecule has 5 rings (SSSR count). The van der Waals surface area contributed by atoms with E-state index in [1.165, 1.54) is 12.1 Å². The molecular weight excluding hydrogens is 471 g/mol. The van der Waals surface area contributed by atoms with Gasteiger partial charge in [-0.3, -0.25) is 18.7 Å². The van der Waals surface area contributed by atoms with Gasteiger partial charge in [0.25, 0.3) is 11.8 Å². The van der Waals surface area contributed by atoms with Crippen LogP contribution in [0.1, 0.15) is 41.8 Å². The van der Waals surface area contributed by atoms with Crippen molar-refractivity contribution in [2.24, 2.45) is 0 Å². The second-order valence-corrected chi connectivity index (χ2v) is 12.0.